The number of rotatable bonds is 29. The second kappa shape index (κ2) is 30.0. The lowest BCUT2D eigenvalue weighted by atomic mass is 10.1. The number of hydrogen-bond donors (Lipinski definition) is 3. The zero-order valence-corrected chi connectivity index (χ0v) is 27.5. The molecule has 0 radical (unpaired) electrons. The zero-order chi connectivity index (χ0) is 31.9. The molecule has 0 aliphatic heterocycles. The number of phosphoric acid groups is 1. The number of carbonyl (C=O) groups excluding carboxylic acids is 2. The molecular weight excluding hydrogens is 569 g/mol. The van der Waals surface area contributed by atoms with Gasteiger partial charge in [-0.25, -0.2) is 4.57 Å². The van der Waals surface area contributed by atoms with Crippen LogP contribution in [0.15, 0.2) is 48.6 Å². The van der Waals surface area contributed by atoms with Crippen molar-refractivity contribution in [1.29, 1.82) is 0 Å². The SMILES string of the molecule is CCCCC/C=C\C/C=C\C/C=C\C/C=C\CCCCCCCCCC(=O)NCCOP(=O)(O)OCC(O)COC(C)=O. The van der Waals surface area contributed by atoms with Gasteiger partial charge in [0.15, 0.2) is 0 Å². The molecule has 0 heterocycles. The number of aliphatic hydroxyl groups is 1. The molecule has 0 saturated carbocycles. The first-order valence-electron chi connectivity index (χ1n) is 16.1. The van der Waals surface area contributed by atoms with Crippen molar-refractivity contribution < 1.29 is 37.9 Å². The molecule has 0 aromatic carbocycles. The Morgan fingerprint density at radius 2 is 1.26 bits per heavy atom. The summed E-state index contributed by atoms with van der Waals surface area (Å²) in [7, 11) is -4.38. The minimum atomic E-state index is -4.38. The van der Waals surface area contributed by atoms with Crippen molar-refractivity contribution in [2.24, 2.45) is 0 Å². The number of esters is 1. The Kier molecular flexibility index (Phi) is 28.6. The van der Waals surface area contributed by atoms with Gasteiger partial charge in [-0.05, 0) is 51.4 Å². The maximum Gasteiger partial charge on any atom is 0.472 e. The highest BCUT2D eigenvalue weighted by molar-refractivity contribution is 7.47. The summed E-state index contributed by atoms with van der Waals surface area (Å²) in [6, 6.07) is 0. The summed E-state index contributed by atoms with van der Waals surface area (Å²) < 4.78 is 25.7. The fourth-order valence-electron chi connectivity index (χ4n) is 3.91. The first-order chi connectivity index (χ1) is 20.8. The lowest BCUT2D eigenvalue weighted by Crippen LogP contribution is -2.27. The van der Waals surface area contributed by atoms with Crippen LogP contribution in [0.5, 0.6) is 0 Å². The van der Waals surface area contributed by atoms with Gasteiger partial charge in [-0.3, -0.25) is 18.6 Å². The van der Waals surface area contributed by atoms with Crippen molar-refractivity contribution in [2.75, 3.05) is 26.4 Å². The second-order valence-electron chi connectivity index (χ2n) is 10.5. The monoisotopic (exact) mass is 627 g/mol. The third-order valence-corrected chi connectivity index (χ3v) is 7.30. The molecule has 0 aliphatic rings. The molecule has 10 heteroatoms. The fourth-order valence-corrected chi connectivity index (χ4v) is 4.67. The number of carbonyl (C=O) groups is 2. The van der Waals surface area contributed by atoms with Crippen molar-refractivity contribution in [3.8, 4) is 0 Å². The lowest BCUT2D eigenvalue weighted by Gasteiger charge is -2.15. The molecule has 3 N–H and O–H groups in total. The molecular formula is C33H58NO8P. The molecule has 9 nitrogen and oxygen atoms in total. The predicted molar refractivity (Wildman–Crippen MR) is 173 cm³/mol. The van der Waals surface area contributed by atoms with Crippen LogP contribution in [0.25, 0.3) is 0 Å². The molecule has 43 heavy (non-hydrogen) atoms. The van der Waals surface area contributed by atoms with Crippen LogP contribution < -0.4 is 5.32 Å². The van der Waals surface area contributed by atoms with Crippen molar-refractivity contribution in [3.05, 3.63) is 48.6 Å². The highest BCUT2D eigenvalue weighted by Gasteiger charge is 2.23. The quantitative estimate of drug-likeness (QED) is 0.0334. The summed E-state index contributed by atoms with van der Waals surface area (Å²) in [5, 5.41) is 12.2. The van der Waals surface area contributed by atoms with Gasteiger partial charge in [0.25, 0.3) is 0 Å². The number of unbranched alkanes of at least 4 members (excludes halogenated alkanes) is 10. The van der Waals surface area contributed by atoms with Gasteiger partial charge in [-0.15, -0.1) is 0 Å². The molecule has 2 unspecified atom stereocenters. The maximum atomic E-state index is 11.9. The minimum Gasteiger partial charge on any atom is -0.463 e. The van der Waals surface area contributed by atoms with Gasteiger partial charge in [-0.1, -0.05) is 100 Å². The van der Waals surface area contributed by atoms with Crippen LogP contribution in [-0.4, -0.2) is 54.3 Å². The van der Waals surface area contributed by atoms with E-state index in [-0.39, 0.29) is 25.7 Å². The smallest absolute Gasteiger partial charge is 0.463 e. The van der Waals surface area contributed by atoms with E-state index in [9.17, 15) is 24.2 Å². The molecule has 0 spiro atoms. The minimum absolute atomic E-state index is 0.0716. The van der Waals surface area contributed by atoms with Gasteiger partial charge in [0.05, 0.1) is 13.2 Å². The van der Waals surface area contributed by atoms with Gasteiger partial charge in [0.2, 0.25) is 5.91 Å². The highest BCUT2D eigenvalue weighted by atomic mass is 31.2. The first kappa shape index (κ1) is 41.0. The number of phosphoric ester groups is 1. The number of allylic oxidation sites excluding steroid dienone is 8. The normalized spacial score (nSPS) is 14.2. The molecule has 0 fully saturated rings. The number of aliphatic hydroxyl groups excluding tert-OH is 1. The van der Waals surface area contributed by atoms with E-state index in [0.29, 0.717) is 6.42 Å². The van der Waals surface area contributed by atoms with E-state index in [2.05, 4.69) is 70.1 Å². The lowest BCUT2D eigenvalue weighted by molar-refractivity contribution is -0.144. The zero-order valence-electron chi connectivity index (χ0n) is 26.6. The first-order valence-corrected chi connectivity index (χ1v) is 17.6. The van der Waals surface area contributed by atoms with Crippen molar-refractivity contribution in [1.82, 2.24) is 5.32 Å². The van der Waals surface area contributed by atoms with Gasteiger partial charge in [-0.2, -0.15) is 0 Å². The fraction of sp³-hybridized carbons (Fsp3) is 0.697. The topological polar surface area (TPSA) is 131 Å². The van der Waals surface area contributed by atoms with Gasteiger partial charge < -0.3 is 20.1 Å². The van der Waals surface area contributed by atoms with Gasteiger partial charge >= 0.3 is 13.8 Å². The molecule has 0 aliphatic carbocycles. The summed E-state index contributed by atoms with van der Waals surface area (Å²) in [4.78, 5) is 32.2. The van der Waals surface area contributed by atoms with E-state index in [1.54, 1.807) is 0 Å². The number of ether oxygens (including phenoxy) is 1. The number of amides is 1. The van der Waals surface area contributed by atoms with E-state index in [1.165, 1.54) is 58.3 Å². The Morgan fingerprint density at radius 3 is 1.81 bits per heavy atom. The Bertz CT molecular complexity index is 856. The number of hydrogen-bond acceptors (Lipinski definition) is 7. The van der Waals surface area contributed by atoms with E-state index in [1.807, 2.05) is 0 Å². The summed E-state index contributed by atoms with van der Waals surface area (Å²) in [6.07, 6.45) is 34.1. The average Bonchev–Trinajstić information content (AvgIpc) is 2.97. The molecule has 0 bridgehead atoms. The van der Waals surface area contributed by atoms with Crippen LogP contribution in [0.3, 0.4) is 0 Å². The van der Waals surface area contributed by atoms with Crippen LogP contribution >= 0.6 is 7.82 Å². The Morgan fingerprint density at radius 1 is 0.744 bits per heavy atom. The third kappa shape index (κ3) is 32.7. The average molecular weight is 628 g/mol. The van der Waals surface area contributed by atoms with E-state index in [4.69, 9.17) is 4.52 Å². The van der Waals surface area contributed by atoms with Crippen molar-refractivity contribution in [3.63, 3.8) is 0 Å². The molecule has 0 saturated heterocycles. The van der Waals surface area contributed by atoms with Crippen molar-refractivity contribution in [2.45, 2.75) is 123 Å². The summed E-state index contributed by atoms with van der Waals surface area (Å²) in [5.74, 6) is -0.712. The summed E-state index contributed by atoms with van der Waals surface area (Å²) >= 11 is 0. The van der Waals surface area contributed by atoms with Gasteiger partial charge in [0.1, 0.15) is 12.7 Å². The summed E-state index contributed by atoms with van der Waals surface area (Å²) in [5.41, 5.74) is 0. The number of nitrogens with one attached hydrogen (secondary N) is 1. The highest BCUT2D eigenvalue weighted by Crippen LogP contribution is 2.42. The van der Waals surface area contributed by atoms with Crippen LogP contribution in [0.4, 0.5) is 0 Å². The predicted octanol–water partition coefficient (Wildman–Crippen LogP) is 7.65. The van der Waals surface area contributed by atoms with Crippen molar-refractivity contribution >= 4 is 19.7 Å². The standard InChI is InChI=1S/C33H58NO8P/c1-3-4-5-6-7-8-9-10-11-12-13-14-15-16-17-18-19-20-21-22-23-24-25-26-33(37)34-27-28-41-43(38,39)42-30-32(36)29-40-31(2)35/h7-8,10-11,13-14,16-17,32,36H,3-6,9,12,15,18-30H2,1-2H3,(H,34,37)(H,38,39)/b8-7-,11-10-,14-13-,17-16-. The molecule has 0 rings (SSSR count). The second-order valence-corrected chi connectivity index (χ2v) is 12.0. The van der Waals surface area contributed by atoms with E-state index in [0.717, 1.165) is 44.9 Å². The summed E-state index contributed by atoms with van der Waals surface area (Å²) in [6.45, 7) is 2.40. The Hall–Kier alpha value is -2.03. The van der Waals surface area contributed by atoms with Crippen LogP contribution in [0, 0.1) is 0 Å². The Balaban J connectivity index is 3.53. The molecule has 0 aromatic rings. The maximum absolute atomic E-state index is 11.9. The molecule has 1 amide bonds. The third-order valence-electron chi connectivity index (χ3n) is 6.32. The largest absolute Gasteiger partial charge is 0.472 e. The van der Waals surface area contributed by atoms with E-state index < -0.39 is 26.5 Å². The van der Waals surface area contributed by atoms with Crippen LogP contribution in [0.2, 0.25) is 0 Å². The molecule has 248 valence electrons. The Labute approximate surface area is 260 Å². The van der Waals surface area contributed by atoms with Crippen LogP contribution in [-0.2, 0) is 27.9 Å². The van der Waals surface area contributed by atoms with E-state index >= 15 is 0 Å². The molecule has 2 atom stereocenters. The van der Waals surface area contributed by atoms with Gasteiger partial charge in [0, 0.05) is 19.9 Å². The molecule has 0 aromatic heterocycles. The van der Waals surface area contributed by atoms with Crippen LogP contribution in [0.1, 0.15) is 117 Å².